The normalized spacial score (nSPS) is 17.7. The number of sulfonamides is 1. The lowest BCUT2D eigenvalue weighted by Gasteiger charge is -2.27. The fraction of sp³-hybridized carbons (Fsp3) is 1.00. The molecular formula is C10H23ClN2O2S. The first-order valence-electron chi connectivity index (χ1n) is 5.56. The topological polar surface area (TPSA) is 72.2 Å². The zero-order valence-electron chi connectivity index (χ0n) is 10.0. The quantitative estimate of drug-likeness (QED) is 0.763. The highest BCUT2D eigenvalue weighted by molar-refractivity contribution is 7.89. The molecule has 0 aromatic rings. The van der Waals surface area contributed by atoms with E-state index >= 15 is 0 Å². The van der Waals surface area contributed by atoms with E-state index in [9.17, 15) is 8.42 Å². The molecule has 1 rings (SSSR count). The van der Waals surface area contributed by atoms with Crippen LogP contribution in [0.15, 0.2) is 0 Å². The van der Waals surface area contributed by atoms with Crippen LogP contribution < -0.4 is 10.5 Å². The smallest absolute Gasteiger partial charge is 0.212 e. The number of nitrogens with one attached hydrogen (secondary N) is 1. The molecule has 16 heavy (non-hydrogen) atoms. The predicted molar refractivity (Wildman–Crippen MR) is 69.3 cm³/mol. The van der Waals surface area contributed by atoms with E-state index in [1.165, 1.54) is 19.3 Å². The molecule has 0 unspecified atom stereocenters. The van der Waals surface area contributed by atoms with Crippen molar-refractivity contribution >= 4 is 22.4 Å². The first-order valence-corrected chi connectivity index (χ1v) is 7.21. The standard InChI is InChI=1S/C10H22N2O2S.ClH/c1-10(2,8-11)12-15(13,14)7-6-9-4-3-5-9;/h9,12H,3-8,11H2,1-2H3;1H. The number of hydrogen-bond donors (Lipinski definition) is 2. The first-order chi connectivity index (χ1) is 6.85. The van der Waals surface area contributed by atoms with Crippen molar-refractivity contribution in [1.29, 1.82) is 0 Å². The van der Waals surface area contributed by atoms with E-state index in [-0.39, 0.29) is 18.2 Å². The van der Waals surface area contributed by atoms with Gasteiger partial charge in [-0.05, 0) is 26.2 Å². The molecule has 1 fully saturated rings. The molecule has 1 saturated carbocycles. The van der Waals surface area contributed by atoms with E-state index in [2.05, 4.69) is 4.72 Å². The van der Waals surface area contributed by atoms with Gasteiger partial charge in [0.15, 0.2) is 0 Å². The molecule has 0 aliphatic heterocycles. The third-order valence-corrected chi connectivity index (χ3v) is 4.60. The summed E-state index contributed by atoms with van der Waals surface area (Å²) in [7, 11) is -3.15. The van der Waals surface area contributed by atoms with Gasteiger partial charge in [-0.15, -0.1) is 12.4 Å². The summed E-state index contributed by atoms with van der Waals surface area (Å²) in [6, 6.07) is 0. The maximum Gasteiger partial charge on any atom is 0.212 e. The summed E-state index contributed by atoms with van der Waals surface area (Å²) in [6.45, 7) is 3.91. The summed E-state index contributed by atoms with van der Waals surface area (Å²) in [6.07, 6.45) is 4.42. The highest BCUT2D eigenvalue weighted by atomic mass is 35.5. The van der Waals surface area contributed by atoms with Gasteiger partial charge in [-0.2, -0.15) is 0 Å². The molecule has 0 aromatic carbocycles. The number of halogens is 1. The molecule has 0 aromatic heterocycles. The van der Waals surface area contributed by atoms with Crippen molar-refractivity contribution in [3.63, 3.8) is 0 Å². The average Bonchev–Trinajstić information content (AvgIpc) is 1.99. The van der Waals surface area contributed by atoms with Gasteiger partial charge in [0, 0.05) is 12.1 Å². The molecule has 0 atom stereocenters. The Kier molecular flexibility index (Phi) is 6.25. The zero-order valence-corrected chi connectivity index (χ0v) is 11.7. The maximum absolute atomic E-state index is 11.7. The number of nitrogens with two attached hydrogens (primary N) is 1. The Hall–Kier alpha value is 0.160. The Morgan fingerprint density at radius 1 is 1.38 bits per heavy atom. The Morgan fingerprint density at radius 3 is 2.31 bits per heavy atom. The minimum atomic E-state index is -3.15. The van der Waals surface area contributed by atoms with Crippen LogP contribution in [-0.4, -0.2) is 26.3 Å². The fourth-order valence-corrected chi connectivity index (χ4v) is 3.29. The minimum Gasteiger partial charge on any atom is -0.329 e. The zero-order chi connectivity index (χ0) is 11.5. The number of hydrogen-bond acceptors (Lipinski definition) is 3. The van der Waals surface area contributed by atoms with Crippen molar-refractivity contribution in [2.75, 3.05) is 12.3 Å². The molecular weight excluding hydrogens is 248 g/mol. The van der Waals surface area contributed by atoms with Crippen LogP contribution >= 0.6 is 12.4 Å². The Labute approximate surface area is 105 Å². The molecule has 0 bridgehead atoms. The summed E-state index contributed by atoms with van der Waals surface area (Å²) >= 11 is 0. The first kappa shape index (κ1) is 16.2. The van der Waals surface area contributed by atoms with E-state index in [1.807, 2.05) is 0 Å². The SMILES string of the molecule is CC(C)(CN)NS(=O)(=O)CCC1CCC1.Cl. The van der Waals surface area contributed by atoms with Crippen molar-refractivity contribution in [1.82, 2.24) is 4.72 Å². The van der Waals surface area contributed by atoms with Crippen LogP contribution in [0, 0.1) is 5.92 Å². The van der Waals surface area contributed by atoms with Gasteiger partial charge in [0.05, 0.1) is 5.75 Å². The molecule has 0 spiro atoms. The third kappa shape index (κ3) is 5.48. The van der Waals surface area contributed by atoms with Gasteiger partial charge < -0.3 is 5.73 Å². The number of rotatable bonds is 6. The van der Waals surface area contributed by atoms with Gasteiger partial charge in [-0.3, -0.25) is 0 Å². The highest BCUT2D eigenvalue weighted by Gasteiger charge is 2.25. The van der Waals surface area contributed by atoms with Crippen molar-refractivity contribution in [2.45, 2.75) is 45.1 Å². The van der Waals surface area contributed by atoms with Crippen LogP contribution in [0.2, 0.25) is 0 Å². The predicted octanol–water partition coefficient (Wildman–Crippen LogP) is 1.26. The van der Waals surface area contributed by atoms with E-state index in [0.29, 0.717) is 12.5 Å². The molecule has 1 aliphatic rings. The summed E-state index contributed by atoms with van der Waals surface area (Å²) in [5.41, 5.74) is 4.95. The van der Waals surface area contributed by atoms with Gasteiger partial charge >= 0.3 is 0 Å². The van der Waals surface area contributed by atoms with Gasteiger partial charge in [-0.25, -0.2) is 13.1 Å². The van der Waals surface area contributed by atoms with Crippen LogP contribution in [0.25, 0.3) is 0 Å². The van der Waals surface area contributed by atoms with E-state index in [0.717, 1.165) is 6.42 Å². The second-order valence-corrected chi connectivity index (χ2v) is 6.94. The summed E-state index contributed by atoms with van der Waals surface area (Å²) < 4.78 is 26.0. The second-order valence-electron chi connectivity index (χ2n) is 5.09. The summed E-state index contributed by atoms with van der Waals surface area (Å²) in [4.78, 5) is 0. The second kappa shape index (κ2) is 6.19. The van der Waals surface area contributed by atoms with Gasteiger partial charge in [0.25, 0.3) is 0 Å². The molecule has 6 heteroatoms. The molecule has 1 aliphatic carbocycles. The molecule has 0 heterocycles. The largest absolute Gasteiger partial charge is 0.329 e. The molecule has 3 N–H and O–H groups in total. The molecule has 98 valence electrons. The monoisotopic (exact) mass is 270 g/mol. The fourth-order valence-electron chi connectivity index (χ4n) is 1.62. The highest BCUT2D eigenvalue weighted by Crippen LogP contribution is 2.29. The Balaban J connectivity index is 0.00000225. The summed E-state index contributed by atoms with van der Waals surface area (Å²) in [5, 5.41) is 0. The molecule has 0 saturated heterocycles. The van der Waals surface area contributed by atoms with Gasteiger partial charge in [-0.1, -0.05) is 19.3 Å². The molecule has 0 amide bonds. The van der Waals surface area contributed by atoms with Crippen LogP contribution in [0.1, 0.15) is 39.5 Å². The van der Waals surface area contributed by atoms with Crippen LogP contribution in [0.4, 0.5) is 0 Å². The lowest BCUT2D eigenvalue weighted by molar-refractivity contribution is 0.306. The van der Waals surface area contributed by atoms with Crippen molar-refractivity contribution in [3.05, 3.63) is 0 Å². The average molecular weight is 271 g/mol. The van der Waals surface area contributed by atoms with Crippen LogP contribution in [-0.2, 0) is 10.0 Å². The Bertz CT molecular complexity index is 300. The van der Waals surface area contributed by atoms with Crippen LogP contribution in [0.3, 0.4) is 0 Å². The van der Waals surface area contributed by atoms with E-state index in [1.54, 1.807) is 13.8 Å². The van der Waals surface area contributed by atoms with Crippen molar-refractivity contribution in [3.8, 4) is 0 Å². The van der Waals surface area contributed by atoms with Gasteiger partial charge in [0.1, 0.15) is 0 Å². The van der Waals surface area contributed by atoms with E-state index < -0.39 is 15.6 Å². The minimum absolute atomic E-state index is 0. The molecule has 0 radical (unpaired) electrons. The van der Waals surface area contributed by atoms with Crippen LogP contribution in [0.5, 0.6) is 0 Å². The summed E-state index contributed by atoms with van der Waals surface area (Å²) in [5.74, 6) is 0.865. The lowest BCUT2D eigenvalue weighted by atomic mass is 9.84. The van der Waals surface area contributed by atoms with Gasteiger partial charge in [0.2, 0.25) is 10.0 Å². The third-order valence-electron chi connectivity index (χ3n) is 2.96. The lowest BCUT2D eigenvalue weighted by Crippen LogP contribution is -2.49. The maximum atomic E-state index is 11.7. The van der Waals surface area contributed by atoms with E-state index in [4.69, 9.17) is 5.73 Å². The van der Waals surface area contributed by atoms with Crippen molar-refractivity contribution < 1.29 is 8.42 Å². The van der Waals surface area contributed by atoms with Crippen molar-refractivity contribution in [2.24, 2.45) is 11.7 Å². The Morgan fingerprint density at radius 2 is 1.94 bits per heavy atom. The molecule has 4 nitrogen and oxygen atoms in total.